The van der Waals surface area contributed by atoms with Gasteiger partial charge in [-0.25, -0.2) is 9.97 Å². The third-order valence-corrected chi connectivity index (χ3v) is 5.11. The summed E-state index contributed by atoms with van der Waals surface area (Å²) in [6.45, 7) is 1.98. The maximum atomic E-state index is 6.31. The summed E-state index contributed by atoms with van der Waals surface area (Å²) in [6.07, 6.45) is 4.18. The Hall–Kier alpha value is -0.260. The maximum Gasteiger partial charge on any atom is 0.160 e. The molecule has 3 rings (SSSR count). The fourth-order valence-electron chi connectivity index (χ4n) is 2.56. The molecule has 3 nitrogen and oxygen atoms in total. The van der Waals surface area contributed by atoms with Crippen molar-refractivity contribution in [2.75, 3.05) is 11.5 Å². The number of fused-ring (bicyclic) bond motifs is 1. The quantitative estimate of drug-likeness (QED) is 0.735. The molecule has 102 valence electrons. The van der Waals surface area contributed by atoms with Gasteiger partial charge in [-0.05, 0) is 53.3 Å². The Morgan fingerprint density at radius 1 is 1.47 bits per heavy atom. The van der Waals surface area contributed by atoms with Gasteiger partial charge in [0.25, 0.3) is 0 Å². The molecule has 0 amide bonds. The largest absolute Gasteiger partial charge is 0.308 e. The van der Waals surface area contributed by atoms with Gasteiger partial charge in [0.05, 0.1) is 5.38 Å². The number of pyridine rings is 1. The van der Waals surface area contributed by atoms with E-state index in [1.165, 1.54) is 24.3 Å². The van der Waals surface area contributed by atoms with E-state index in [1.54, 1.807) is 0 Å². The van der Waals surface area contributed by atoms with Crippen LogP contribution in [0.15, 0.2) is 16.7 Å². The van der Waals surface area contributed by atoms with Crippen LogP contribution in [0.5, 0.6) is 0 Å². The van der Waals surface area contributed by atoms with E-state index in [-0.39, 0.29) is 5.38 Å². The van der Waals surface area contributed by atoms with Gasteiger partial charge in [0.15, 0.2) is 5.65 Å². The summed E-state index contributed by atoms with van der Waals surface area (Å²) in [4.78, 5) is 9.23. The molecule has 1 fully saturated rings. The molecular formula is C13H15BrClN3S. The van der Waals surface area contributed by atoms with E-state index >= 15 is 0 Å². The molecule has 2 aromatic heterocycles. The van der Waals surface area contributed by atoms with E-state index in [0.29, 0.717) is 6.04 Å². The number of halogens is 2. The van der Waals surface area contributed by atoms with Crippen molar-refractivity contribution < 1.29 is 0 Å². The first-order valence-corrected chi connectivity index (χ1v) is 8.80. The predicted molar refractivity (Wildman–Crippen MR) is 85.1 cm³/mol. The van der Waals surface area contributed by atoms with Crippen LogP contribution in [-0.2, 0) is 0 Å². The zero-order valence-electron chi connectivity index (χ0n) is 10.6. The lowest BCUT2D eigenvalue weighted by molar-refractivity contribution is 0.462. The molecule has 3 heterocycles. The molecule has 0 spiro atoms. The number of aromatic nitrogens is 3. The smallest absolute Gasteiger partial charge is 0.160 e. The number of hydrogen-bond donors (Lipinski definition) is 0. The highest BCUT2D eigenvalue weighted by Crippen LogP contribution is 2.34. The van der Waals surface area contributed by atoms with Crippen LogP contribution in [0.1, 0.15) is 37.0 Å². The molecular weight excluding hydrogens is 346 g/mol. The van der Waals surface area contributed by atoms with E-state index in [2.05, 4.69) is 30.5 Å². The molecule has 6 heteroatoms. The summed E-state index contributed by atoms with van der Waals surface area (Å²) in [5.41, 5.74) is 1.89. The highest BCUT2D eigenvalue weighted by molar-refractivity contribution is 9.10. The summed E-state index contributed by atoms with van der Waals surface area (Å²) in [6, 6.07) is 2.50. The predicted octanol–water partition coefficient (Wildman–Crippen LogP) is 4.56. The molecule has 0 aliphatic carbocycles. The second kappa shape index (κ2) is 5.62. The average Bonchev–Trinajstić information content (AvgIpc) is 2.78. The van der Waals surface area contributed by atoms with E-state index in [4.69, 9.17) is 11.6 Å². The van der Waals surface area contributed by atoms with Gasteiger partial charge in [0.2, 0.25) is 0 Å². The summed E-state index contributed by atoms with van der Waals surface area (Å²) in [5.74, 6) is 3.35. The normalized spacial score (nSPS) is 18.9. The first-order chi connectivity index (χ1) is 9.16. The van der Waals surface area contributed by atoms with Gasteiger partial charge >= 0.3 is 0 Å². The fourth-order valence-corrected chi connectivity index (χ4v) is 4.11. The molecule has 0 saturated carbocycles. The number of hydrogen-bond acceptors (Lipinski definition) is 3. The molecule has 1 saturated heterocycles. The van der Waals surface area contributed by atoms with Gasteiger partial charge in [-0.1, -0.05) is 0 Å². The van der Waals surface area contributed by atoms with Crippen molar-refractivity contribution in [3.8, 4) is 0 Å². The molecule has 1 atom stereocenters. The van der Waals surface area contributed by atoms with Crippen molar-refractivity contribution in [2.45, 2.75) is 31.2 Å². The minimum absolute atomic E-state index is 0.0949. The van der Waals surface area contributed by atoms with Crippen LogP contribution in [0.4, 0.5) is 0 Å². The third kappa shape index (κ3) is 2.65. The van der Waals surface area contributed by atoms with Gasteiger partial charge < -0.3 is 4.57 Å². The minimum Gasteiger partial charge on any atom is -0.308 e. The van der Waals surface area contributed by atoms with Crippen molar-refractivity contribution in [3.63, 3.8) is 0 Å². The van der Waals surface area contributed by atoms with Gasteiger partial charge in [-0.15, -0.1) is 11.6 Å². The Balaban J connectivity index is 2.15. The van der Waals surface area contributed by atoms with E-state index in [0.717, 1.165) is 21.5 Å². The lowest BCUT2D eigenvalue weighted by atomic mass is 10.1. The maximum absolute atomic E-state index is 6.31. The number of alkyl halides is 1. The van der Waals surface area contributed by atoms with Gasteiger partial charge in [-0.2, -0.15) is 11.8 Å². The lowest BCUT2D eigenvalue weighted by Gasteiger charge is -2.25. The van der Waals surface area contributed by atoms with Crippen LogP contribution >= 0.6 is 39.3 Å². The lowest BCUT2D eigenvalue weighted by Crippen LogP contribution is -2.18. The van der Waals surface area contributed by atoms with Crippen LogP contribution < -0.4 is 0 Å². The van der Waals surface area contributed by atoms with Crippen molar-refractivity contribution in [1.82, 2.24) is 14.5 Å². The van der Waals surface area contributed by atoms with Crippen molar-refractivity contribution in [3.05, 3.63) is 22.6 Å². The van der Waals surface area contributed by atoms with Crippen LogP contribution in [0.3, 0.4) is 0 Å². The Morgan fingerprint density at radius 2 is 2.21 bits per heavy atom. The average molecular weight is 361 g/mol. The van der Waals surface area contributed by atoms with E-state index in [1.807, 2.05) is 30.9 Å². The Morgan fingerprint density at radius 3 is 2.89 bits per heavy atom. The topological polar surface area (TPSA) is 30.7 Å². The third-order valence-electron chi connectivity index (χ3n) is 3.44. The van der Waals surface area contributed by atoms with Gasteiger partial charge in [0, 0.05) is 16.7 Å². The molecule has 1 aliphatic rings. The SMILES string of the molecule is CC(Cl)c1nc2cc(Br)cnc2n1C1CCSCC1. The Labute approximate surface area is 130 Å². The molecule has 1 unspecified atom stereocenters. The first-order valence-electron chi connectivity index (χ1n) is 6.42. The van der Waals surface area contributed by atoms with Crippen LogP contribution in [0, 0.1) is 0 Å². The Bertz CT molecular complexity index is 593. The number of nitrogens with zero attached hydrogens (tertiary/aromatic N) is 3. The summed E-state index contributed by atoms with van der Waals surface area (Å²) in [7, 11) is 0. The molecule has 1 aliphatic heterocycles. The molecule has 0 aromatic carbocycles. The van der Waals surface area contributed by atoms with Crippen LogP contribution in [0.2, 0.25) is 0 Å². The number of thioether (sulfide) groups is 1. The molecule has 0 bridgehead atoms. The molecule has 0 N–H and O–H groups in total. The zero-order valence-corrected chi connectivity index (χ0v) is 13.8. The summed E-state index contributed by atoms with van der Waals surface area (Å²) < 4.78 is 3.22. The number of rotatable bonds is 2. The zero-order chi connectivity index (χ0) is 13.4. The van der Waals surface area contributed by atoms with Crippen molar-refractivity contribution in [2.24, 2.45) is 0 Å². The first kappa shape index (κ1) is 13.7. The summed E-state index contributed by atoms with van der Waals surface area (Å²) in [5, 5.41) is -0.0949. The van der Waals surface area contributed by atoms with Crippen LogP contribution in [-0.4, -0.2) is 26.0 Å². The number of imidazole rings is 1. The Kier molecular flexibility index (Phi) is 4.06. The monoisotopic (exact) mass is 359 g/mol. The van der Waals surface area contributed by atoms with E-state index < -0.39 is 0 Å². The molecule has 19 heavy (non-hydrogen) atoms. The second-order valence-corrected chi connectivity index (χ2v) is 7.59. The fraction of sp³-hybridized carbons (Fsp3) is 0.538. The molecule has 0 radical (unpaired) electrons. The van der Waals surface area contributed by atoms with Gasteiger partial charge in [-0.3, -0.25) is 0 Å². The molecule has 2 aromatic rings. The van der Waals surface area contributed by atoms with Crippen molar-refractivity contribution in [1.29, 1.82) is 0 Å². The second-order valence-electron chi connectivity index (χ2n) is 4.80. The van der Waals surface area contributed by atoms with E-state index in [9.17, 15) is 0 Å². The summed E-state index contributed by atoms with van der Waals surface area (Å²) >= 11 is 11.8. The highest BCUT2D eigenvalue weighted by atomic mass is 79.9. The van der Waals surface area contributed by atoms with Crippen molar-refractivity contribution >= 4 is 50.5 Å². The minimum atomic E-state index is -0.0949. The van der Waals surface area contributed by atoms with Crippen LogP contribution in [0.25, 0.3) is 11.2 Å². The highest BCUT2D eigenvalue weighted by Gasteiger charge is 2.24. The standard InChI is InChI=1S/C13H15BrClN3S/c1-8(15)12-17-11-6-9(14)7-16-13(11)18(12)10-2-4-19-5-3-10/h6-8,10H,2-5H2,1H3. The van der Waals surface area contributed by atoms with Gasteiger partial charge in [0.1, 0.15) is 11.3 Å².